The summed E-state index contributed by atoms with van der Waals surface area (Å²) < 4.78 is 0. The van der Waals surface area contributed by atoms with Crippen LogP contribution in [0.4, 0.5) is 0 Å². The molecule has 1 aromatic rings. The summed E-state index contributed by atoms with van der Waals surface area (Å²) in [7, 11) is 0. The van der Waals surface area contributed by atoms with Gasteiger partial charge in [-0.15, -0.1) is 24.8 Å². The van der Waals surface area contributed by atoms with Crippen molar-refractivity contribution < 1.29 is 4.79 Å². The molecule has 2 fully saturated rings. The summed E-state index contributed by atoms with van der Waals surface area (Å²) in [5, 5.41) is 3.38. The lowest BCUT2D eigenvalue weighted by Crippen LogP contribution is -2.31. The highest BCUT2D eigenvalue weighted by Gasteiger charge is 2.38. The number of hydrogen-bond acceptors (Lipinski definition) is 3. The first kappa shape index (κ1) is 16.2. The molecule has 2 aliphatic heterocycles. The zero-order valence-electron chi connectivity index (χ0n) is 10.8. The molecule has 0 aliphatic carbocycles. The molecular formula is C13H19Cl2N3O. The predicted octanol–water partition coefficient (Wildman–Crippen LogP) is 1.53. The minimum absolute atomic E-state index is 0. The van der Waals surface area contributed by atoms with Gasteiger partial charge in [-0.05, 0) is 30.4 Å². The van der Waals surface area contributed by atoms with Crippen LogP contribution < -0.4 is 5.32 Å². The molecule has 0 spiro atoms. The van der Waals surface area contributed by atoms with Gasteiger partial charge in [0.15, 0.2) is 0 Å². The van der Waals surface area contributed by atoms with Crippen molar-refractivity contribution in [3.05, 3.63) is 29.6 Å². The molecule has 0 unspecified atom stereocenters. The number of carbonyl (C=O) groups excluding carboxylic acids is 1. The maximum atomic E-state index is 12.3. The fourth-order valence-electron chi connectivity index (χ4n) is 2.88. The van der Waals surface area contributed by atoms with Crippen LogP contribution in [-0.4, -0.2) is 42.0 Å². The van der Waals surface area contributed by atoms with Gasteiger partial charge in [0.2, 0.25) is 0 Å². The maximum absolute atomic E-state index is 12.3. The first-order valence-electron chi connectivity index (χ1n) is 6.15. The first-order valence-corrected chi connectivity index (χ1v) is 6.15. The summed E-state index contributed by atoms with van der Waals surface area (Å²) >= 11 is 0. The Morgan fingerprint density at radius 2 is 1.89 bits per heavy atom. The number of nitrogens with zero attached hydrogens (tertiary/aromatic N) is 2. The number of pyridine rings is 1. The van der Waals surface area contributed by atoms with Gasteiger partial charge < -0.3 is 10.2 Å². The first-order chi connectivity index (χ1) is 8.24. The van der Waals surface area contributed by atoms with E-state index in [1.54, 1.807) is 12.4 Å². The molecule has 1 amide bonds. The number of fused-ring (bicyclic) bond motifs is 1. The number of halogens is 2. The Morgan fingerprint density at radius 1 is 1.26 bits per heavy atom. The topological polar surface area (TPSA) is 45.2 Å². The number of aryl methyl sites for hydroxylation is 1. The van der Waals surface area contributed by atoms with Crippen LogP contribution in [0.1, 0.15) is 15.9 Å². The van der Waals surface area contributed by atoms with Crippen molar-refractivity contribution >= 4 is 30.7 Å². The van der Waals surface area contributed by atoms with Crippen LogP contribution in [0.5, 0.6) is 0 Å². The van der Waals surface area contributed by atoms with Crippen LogP contribution in [0.3, 0.4) is 0 Å². The van der Waals surface area contributed by atoms with Crippen molar-refractivity contribution in [3.8, 4) is 0 Å². The van der Waals surface area contributed by atoms with E-state index in [4.69, 9.17) is 0 Å². The number of carbonyl (C=O) groups is 1. The van der Waals surface area contributed by atoms with E-state index in [1.165, 1.54) is 0 Å². The van der Waals surface area contributed by atoms with E-state index in [-0.39, 0.29) is 30.7 Å². The van der Waals surface area contributed by atoms with Gasteiger partial charge in [0.25, 0.3) is 5.91 Å². The molecule has 2 aliphatic rings. The molecule has 1 aromatic heterocycles. The van der Waals surface area contributed by atoms with Gasteiger partial charge in [0, 0.05) is 38.6 Å². The lowest BCUT2D eigenvalue weighted by atomic mass is 10.0. The number of hydrogen-bond donors (Lipinski definition) is 1. The average Bonchev–Trinajstić information content (AvgIpc) is 2.88. The maximum Gasteiger partial charge on any atom is 0.255 e. The largest absolute Gasteiger partial charge is 0.338 e. The summed E-state index contributed by atoms with van der Waals surface area (Å²) in [5.41, 5.74) is 1.76. The van der Waals surface area contributed by atoms with E-state index in [1.807, 2.05) is 17.9 Å². The quantitative estimate of drug-likeness (QED) is 0.856. The standard InChI is InChI=1S/C13H17N3O.2ClH/c1-9-2-10(4-14-3-9)13(17)16-7-11-5-15-6-12(11)8-16;;/h2-4,11-12,15H,5-8H2,1H3;2*1H/t11-,12+;;. The molecule has 3 heterocycles. The summed E-state index contributed by atoms with van der Waals surface area (Å²) in [5.74, 6) is 1.43. The molecule has 0 saturated carbocycles. The number of rotatable bonds is 1. The molecule has 106 valence electrons. The Bertz CT molecular complexity index is 443. The second-order valence-corrected chi connectivity index (χ2v) is 5.14. The van der Waals surface area contributed by atoms with E-state index in [0.29, 0.717) is 11.8 Å². The zero-order valence-corrected chi connectivity index (χ0v) is 12.5. The van der Waals surface area contributed by atoms with E-state index in [2.05, 4.69) is 10.3 Å². The van der Waals surface area contributed by atoms with E-state index < -0.39 is 0 Å². The van der Waals surface area contributed by atoms with Crippen LogP contribution >= 0.6 is 24.8 Å². The van der Waals surface area contributed by atoms with E-state index in [9.17, 15) is 4.79 Å². The van der Waals surface area contributed by atoms with Crippen LogP contribution in [0.15, 0.2) is 18.5 Å². The number of amides is 1. The SMILES string of the molecule is Cc1cncc(C(=O)N2C[C@H]3CNC[C@H]3C2)c1.Cl.Cl. The van der Waals surface area contributed by atoms with Gasteiger partial charge in [-0.2, -0.15) is 0 Å². The minimum Gasteiger partial charge on any atom is -0.338 e. The Balaban J connectivity index is 0.000000902. The normalized spacial score (nSPS) is 24.4. The second-order valence-electron chi connectivity index (χ2n) is 5.14. The molecule has 3 rings (SSSR count). The summed E-state index contributed by atoms with van der Waals surface area (Å²) in [6.45, 7) is 5.86. The molecule has 0 bridgehead atoms. The van der Waals surface area contributed by atoms with Crippen molar-refractivity contribution in [1.29, 1.82) is 0 Å². The fourth-order valence-corrected chi connectivity index (χ4v) is 2.88. The van der Waals surface area contributed by atoms with Crippen LogP contribution in [0.2, 0.25) is 0 Å². The van der Waals surface area contributed by atoms with Gasteiger partial charge in [-0.25, -0.2) is 0 Å². The van der Waals surface area contributed by atoms with Gasteiger partial charge in [-0.3, -0.25) is 9.78 Å². The van der Waals surface area contributed by atoms with Crippen LogP contribution in [-0.2, 0) is 0 Å². The van der Waals surface area contributed by atoms with Gasteiger partial charge >= 0.3 is 0 Å². The van der Waals surface area contributed by atoms with Gasteiger partial charge in [0.1, 0.15) is 0 Å². The number of nitrogens with one attached hydrogen (secondary N) is 1. The third-order valence-corrected chi connectivity index (χ3v) is 3.80. The predicted molar refractivity (Wildman–Crippen MR) is 79.2 cm³/mol. The molecule has 0 radical (unpaired) electrons. The van der Waals surface area contributed by atoms with Gasteiger partial charge in [-0.1, -0.05) is 0 Å². The van der Waals surface area contributed by atoms with Crippen LogP contribution in [0.25, 0.3) is 0 Å². The molecule has 1 N–H and O–H groups in total. The fraction of sp³-hybridized carbons (Fsp3) is 0.538. The van der Waals surface area contributed by atoms with E-state index in [0.717, 1.165) is 37.3 Å². The zero-order chi connectivity index (χ0) is 11.8. The van der Waals surface area contributed by atoms with Crippen molar-refractivity contribution in [2.45, 2.75) is 6.92 Å². The van der Waals surface area contributed by atoms with Crippen LogP contribution in [0, 0.1) is 18.8 Å². The third-order valence-electron chi connectivity index (χ3n) is 3.80. The molecular weight excluding hydrogens is 285 g/mol. The monoisotopic (exact) mass is 303 g/mol. The summed E-state index contributed by atoms with van der Waals surface area (Å²) in [6.07, 6.45) is 3.45. The van der Waals surface area contributed by atoms with Crippen molar-refractivity contribution in [2.75, 3.05) is 26.2 Å². The Morgan fingerprint density at radius 3 is 2.47 bits per heavy atom. The Hall–Kier alpha value is -0.840. The highest BCUT2D eigenvalue weighted by molar-refractivity contribution is 5.94. The average molecular weight is 304 g/mol. The number of aromatic nitrogens is 1. The molecule has 19 heavy (non-hydrogen) atoms. The van der Waals surface area contributed by atoms with Crippen molar-refractivity contribution in [3.63, 3.8) is 0 Å². The molecule has 2 saturated heterocycles. The highest BCUT2D eigenvalue weighted by Crippen LogP contribution is 2.27. The highest BCUT2D eigenvalue weighted by atomic mass is 35.5. The Kier molecular flexibility index (Phi) is 5.59. The van der Waals surface area contributed by atoms with Crippen molar-refractivity contribution in [2.24, 2.45) is 11.8 Å². The summed E-state index contributed by atoms with van der Waals surface area (Å²) in [6, 6.07) is 1.92. The minimum atomic E-state index is 0. The number of likely N-dealkylation sites (tertiary alicyclic amines) is 1. The molecule has 4 nitrogen and oxygen atoms in total. The lowest BCUT2D eigenvalue weighted by Gasteiger charge is -2.17. The third kappa shape index (κ3) is 3.19. The lowest BCUT2D eigenvalue weighted by molar-refractivity contribution is 0.0781. The van der Waals surface area contributed by atoms with E-state index >= 15 is 0 Å². The second kappa shape index (κ2) is 6.55. The van der Waals surface area contributed by atoms with Gasteiger partial charge in [0.05, 0.1) is 5.56 Å². The van der Waals surface area contributed by atoms with Crippen molar-refractivity contribution in [1.82, 2.24) is 15.2 Å². The Labute approximate surface area is 125 Å². The smallest absolute Gasteiger partial charge is 0.255 e. The summed E-state index contributed by atoms with van der Waals surface area (Å²) in [4.78, 5) is 18.4. The molecule has 2 atom stereocenters. The molecule has 6 heteroatoms. The molecule has 0 aromatic carbocycles.